The molecule has 0 saturated heterocycles. The number of hydrogen-bond acceptors (Lipinski definition) is 1. The van der Waals surface area contributed by atoms with Crippen LogP contribution in [0.25, 0.3) is 82.8 Å². The van der Waals surface area contributed by atoms with Gasteiger partial charge in [0, 0.05) is 27.7 Å². The molecule has 0 bridgehead atoms. The molecule has 0 radical (unpaired) electrons. The number of fused-ring (bicyclic) bond motifs is 24. The summed E-state index contributed by atoms with van der Waals surface area (Å²) in [7, 11) is 0. The van der Waals surface area contributed by atoms with Crippen LogP contribution in [0.1, 0.15) is 44.5 Å². The Labute approximate surface area is 429 Å². The van der Waals surface area contributed by atoms with Gasteiger partial charge in [0.25, 0.3) is 0 Å². The van der Waals surface area contributed by atoms with Crippen LogP contribution in [-0.4, -0.2) is 4.57 Å². The van der Waals surface area contributed by atoms with Crippen LogP contribution in [0.2, 0.25) is 0 Å². The number of rotatable bonds is 4. The van der Waals surface area contributed by atoms with Gasteiger partial charge in [-0.05, 0) is 137 Å². The van der Waals surface area contributed by atoms with Gasteiger partial charge in [-0.1, -0.05) is 224 Å². The molecule has 3 aliphatic carbocycles. The molecular weight excluding hydrogens is 893 g/mol. The minimum absolute atomic E-state index is 0.529. The van der Waals surface area contributed by atoms with Crippen LogP contribution < -0.4 is 4.90 Å². The summed E-state index contributed by atoms with van der Waals surface area (Å²) in [6, 6.07) is 101. The average Bonchev–Trinajstić information content (AvgIpc) is 4.20. The van der Waals surface area contributed by atoms with E-state index in [4.69, 9.17) is 0 Å². The van der Waals surface area contributed by atoms with Crippen molar-refractivity contribution in [2.75, 3.05) is 4.90 Å². The summed E-state index contributed by atoms with van der Waals surface area (Å²) in [4.78, 5) is 2.56. The molecule has 342 valence electrons. The van der Waals surface area contributed by atoms with Gasteiger partial charge < -0.3 is 9.47 Å². The first-order chi connectivity index (χ1) is 36.7. The Morgan fingerprint density at radius 3 is 1.65 bits per heavy atom. The van der Waals surface area contributed by atoms with Crippen molar-refractivity contribution in [1.82, 2.24) is 4.57 Å². The van der Waals surface area contributed by atoms with Crippen molar-refractivity contribution >= 4 is 49.6 Å². The van der Waals surface area contributed by atoms with Crippen molar-refractivity contribution in [1.29, 1.82) is 0 Å². The smallest absolute Gasteiger partial charge is 0.0755 e. The van der Waals surface area contributed by atoms with Crippen LogP contribution in [0, 0.1) is 0 Å². The summed E-state index contributed by atoms with van der Waals surface area (Å²) in [6.07, 6.45) is 0. The van der Waals surface area contributed by atoms with Crippen molar-refractivity contribution in [3.05, 3.63) is 311 Å². The molecule has 2 spiro atoms. The molecule has 4 aliphatic rings. The number of nitrogens with zero attached hydrogens (tertiary/aromatic N) is 2. The molecule has 12 aromatic carbocycles. The first-order valence-corrected chi connectivity index (χ1v) is 25.9. The highest BCUT2D eigenvalue weighted by Crippen LogP contribution is 2.66. The monoisotopic (exact) mass is 936 g/mol. The van der Waals surface area contributed by atoms with Gasteiger partial charge in [-0.2, -0.15) is 0 Å². The summed E-state index contributed by atoms with van der Waals surface area (Å²) in [5.41, 5.74) is 26.7. The van der Waals surface area contributed by atoms with Crippen molar-refractivity contribution in [3.63, 3.8) is 0 Å². The molecule has 0 saturated carbocycles. The van der Waals surface area contributed by atoms with Crippen LogP contribution in [0.4, 0.5) is 17.1 Å². The van der Waals surface area contributed by atoms with E-state index in [0.717, 1.165) is 17.1 Å². The SMILES string of the molecule is c1ccc(-c2ccc(N(c3ccc4c(c3)C3(c5ccccc5-4)c4ccccc4-c4c3ccc3ccccc43)c3cccc4c3-c3ccccc3C43c4ccccc4-n4c5ccccc5c5cccc3c54)cc2)cc1. The number of anilines is 3. The maximum Gasteiger partial charge on any atom is 0.0755 e. The first kappa shape index (κ1) is 40.1. The summed E-state index contributed by atoms with van der Waals surface area (Å²) in [5.74, 6) is 0. The predicted molar refractivity (Wildman–Crippen MR) is 306 cm³/mol. The molecule has 2 heteroatoms. The molecule has 2 unspecified atom stereocenters. The van der Waals surface area contributed by atoms with Crippen LogP contribution in [0.3, 0.4) is 0 Å². The fraction of sp³-hybridized carbons (Fsp3) is 0.0278. The molecule has 2 atom stereocenters. The lowest BCUT2D eigenvalue weighted by molar-refractivity contribution is 0.748. The normalized spacial score (nSPS) is 16.8. The van der Waals surface area contributed by atoms with E-state index in [1.807, 2.05) is 0 Å². The van der Waals surface area contributed by atoms with E-state index in [1.165, 1.54) is 127 Å². The van der Waals surface area contributed by atoms with E-state index in [0.29, 0.717) is 0 Å². The predicted octanol–water partition coefficient (Wildman–Crippen LogP) is 18.1. The largest absolute Gasteiger partial charge is 0.310 e. The zero-order valence-electron chi connectivity index (χ0n) is 40.3. The molecule has 17 rings (SSSR count). The van der Waals surface area contributed by atoms with Crippen molar-refractivity contribution in [2.24, 2.45) is 0 Å². The summed E-state index contributed by atoms with van der Waals surface area (Å²) >= 11 is 0. The van der Waals surface area contributed by atoms with Gasteiger partial charge in [0.1, 0.15) is 0 Å². The highest BCUT2D eigenvalue weighted by Gasteiger charge is 2.54. The first-order valence-electron chi connectivity index (χ1n) is 25.9. The second kappa shape index (κ2) is 14.6. The summed E-state index contributed by atoms with van der Waals surface area (Å²) in [6.45, 7) is 0. The third kappa shape index (κ3) is 4.86. The number of aromatic nitrogens is 1. The number of hydrogen-bond donors (Lipinski definition) is 0. The lowest BCUT2D eigenvalue weighted by Gasteiger charge is -2.39. The highest BCUT2D eigenvalue weighted by atomic mass is 15.1. The van der Waals surface area contributed by atoms with Gasteiger partial charge in [0.05, 0.1) is 33.2 Å². The second-order valence-electron chi connectivity index (χ2n) is 20.6. The van der Waals surface area contributed by atoms with Gasteiger partial charge in [-0.25, -0.2) is 0 Å². The quantitative estimate of drug-likeness (QED) is 0.171. The van der Waals surface area contributed by atoms with Crippen LogP contribution in [-0.2, 0) is 10.8 Å². The molecule has 2 heterocycles. The maximum absolute atomic E-state index is 2.56. The molecule has 0 amide bonds. The molecule has 13 aromatic rings. The van der Waals surface area contributed by atoms with Gasteiger partial charge in [0.2, 0.25) is 0 Å². The second-order valence-corrected chi connectivity index (χ2v) is 20.6. The van der Waals surface area contributed by atoms with E-state index < -0.39 is 10.8 Å². The van der Waals surface area contributed by atoms with Crippen molar-refractivity contribution in [2.45, 2.75) is 10.8 Å². The van der Waals surface area contributed by atoms with Crippen LogP contribution >= 0.6 is 0 Å². The maximum atomic E-state index is 2.56. The average molecular weight is 937 g/mol. The van der Waals surface area contributed by atoms with Crippen molar-refractivity contribution < 1.29 is 0 Å². The molecule has 74 heavy (non-hydrogen) atoms. The van der Waals surface area contributed by atoms with E-state index in [2.05, 4.69) is 276 Å². The minimum atomic E-state index is -0.588. The molecule has 0 fully saturated rings. The Morgan fingerprint density at radius 1 is 0.297 bits per heavy atom. The van der Waals surface area contributed by atoms with Gasteiger partial charge in [0.15, 0.2) is 0 Å². The Morgan fingerprint density at radius 2 is 0.838 bits per heavy atom. The van der Waals surface area contributed by atoms with Crippen LogP contribution in [0.15, 0.2) is 267 Å². The fourth-order valence-electron chi connectivity index (χ4n) is 14.7. The van der Waals surface area contributed by atoms with Crippen molar-refractivity contribution in [3.8, 4) is 50.2 Å². The van der Waals surface area contributed by atoms with Gasteiger partial charge in [-0.3, -0.25) is 0 Å². The van der Waals surface area contributed by atoms with Crippen LogP contribution in [0.5, 0.6) is 0 Å². The van der Waals surface area contributed by atoms with Gasteiger partial charge >= 0.3 is 0 Å². The third-order valence-electron chi connectivity index (χ3n) is 17.4. The molecule has 1 aromatic heterocycles. The van der Waals surface area contributed by atoms with E-state index in [9.17, 15) is 0 Å². The molecule has 2 nitrogen and oxygen atoms in total. The zero-order chi connectivity index (χ0) is 48.3. The van der Waals surface area contributed by atoms with E-state index in [-0.39, 0.29) is 0 Å². The number of benzene rings is 12. The molecular formula is C72H44N2. The topological polar surface area (TPSA) is 8.17 Å². The summed E-state index contributed by atoms with van der Waals surface area (Å²) < 4.78 is 2.53. The molecule has 1 aliphatic heterocycles. The lowest BCUT2D eigenvalue weighted by Crippen LogP contribution is -2.33. The number of para-hydroxylation sites is 3. The lowest BCUT2D eigenvalue weighted by atomic mass is 9.65. The highest BCUT2D eigenvalue weighted by molar-refractivity contribution is 6.13. The Bertz CT molecular complexity index is 4560. The van der Waals surface area contributed by atoms with E-state index in [1.54, 1.807) is 0 Å². The minimum Gasteiger partial charge on any atom is -0.310 e. The Balaban J connectivity index is 0.963. The van der Waals surface area contributed by atoms with Gasteiger partial charge in [-0.15, -0.1) is 0 Å². The zero-order valence-corrected chi connectivity index (χ0v) is 40.3. The van der Waals surface area contributed by atoms with E-state index >= 15 is 0 Å². The standard InChI is InChI=1S/C72H44N2/c1-2-18-45(19-3-1)46-36-39-48(40-37-46)73(49-41-42-52-51-22-6-10-27-57(51)71(64(52)44-49)58-28-11-7-24-55(58)68-50-21-5-4-20-47(50)38-43-62(68)71)67-35-17-31-61-69(67)56-25-8-12-29-59(56)72(61)60-30-13-15-34-66(60)74-65-33-14-9-23-53(65)54-26-16-32-63(72)70(54)74/h1-44H. The molecule has 0 N–H and O–H groups in total. The Hall–Kier alpha value is -9.50. The summed E-state index contributed by atoms with van der Waals surface area (Å²) in [5, 5.41) is 5.12. The Kier molecular flexibility index (Phi) is 7.90. The third-order valence-corrected chi connectivity index (χ3v) is 17.4. The fourth-order valence-corrected chi connectivity index (χ4v) is 14.7.